The number of ether oxygens (including phenoxy) is 1. The van der Waals surface area contributed by atoms with Crippen LogP contribution in [0.15, 0.2) is 72.8 Å². The number of fused-ring (bicyclic) bond motifs is 1. The summed E-state index contributed by atoms with van der Waals surface area (Å²) in [5.41, 5.74) is 2.14. The van der Waals surface area contributed by atoms with Gasteiger partial charge in [0.15, 0.2) is 0 Å². The van der Waals surface area contributed by atoms with Crippen LogP contribution in [0, 0.1) is 0 Å². The molecule has 0 atom stereocenters. The van der Waals surface area contributed by atoms with E-state index in [1.807, 2.05) is 58.3 Å². The van der Waals surface area contributed by atoms with E-state index in [0.29, 0.717) is 11.4 Å². The molecule has 0 radical (unpaired) electrons. The highest BCUT2D eigenvalue weighted by molar-refractivity contribution is 6.06. The van der Waals surface area contributed by atoms with Crippen molar-refractivity contribution in [2.45, 2.75) is 26.9 Å². The number of aryl methyl sites for hydroxylation is 1. The van der Waals surface area contributed by atoms with Crippen LogP contribution in [0.3, 0.4) is 0 Å². The molecule has 3 rings (SSSR count). The first-order chi connectivity index (χ1) is 14.4. The average Bonchev–Trinajstić information content (AvgIpc) is 3.13. The molecule has 0 aliphatic rings. The van der Waals surface area contributed by atoms with E-state index in [-0.39, 0.29) is 12.0 Å². The van der Waals surface area contributed by atoms with Gasteiger partial charge in [-0.05, 0) is 50.4 Å². The van der Waals surface area contributed by atoms with Gasteiger partial charge in [0, 0.05) is 29.8 Å². The molecule has 30 heavy (non-hydrogen) atoms. The number of hydrogen-bond donors (Lipinski definition) is 1. The van der Waals surface area contributed by atoms with Crippen molar-refractivity contribution >= 4 is 22.5 Å². The second kappa shape index (κ2) is 9.17. The lowest BCUT2D eigenvalue weighted by molar-refractivity contribution is -0.112. The zero-order valence-electron chi connectivity index (χ0n) is 17.6. The molecule has 0 aliphatic heterocycles. The monoisotopic (exact) mass is 403 g/mol. The van der Waals surface area contributed by atoms with Gasteiger partial charge in [0.05, 0.1) is 18.1 Å². The van der Waals surface area contributed by atoms with Crippen molar-refractivity contribution in [3.8, 4) is 11.3 Å². The summed E-state index contributed by atoms with van der Waals surface area (Å²) in [5.74, 6) is 0.878. The molecule has 154 valence electrons. The molecule has 2 aromatic heterocycles. The summed E-state index contributed by atoms with van der Waals surface area (Å²) in [4.78, 5) is 17.0. The van der Waals surface area contributed by atoms with Crippen LogP contribution in [-0.4, -0.2) is 32.0 Å². The van der Waals surface area contributed by atoms with Crippen LogP contribution >= 0.6 is 0 Å². The van der Waals surface area contributed by atoms with E-state index in [4.69, 9.17) is 4.74 Å². The molecule has 3 aromatic rings. The molecule has 0 fully saturated rings. The molecule has 0 saturated heterocycles. The summed E-state index contributed by atoms with van der Waals surface area (Å²) in [6, 6.07) is 7.76. The molecule has 0 bridgehead atoms. The van der Waals surface area contributed by atoms with Gasteiger partial charge >= 0.3 is 0 Å². The Morgan fingerprint density at radius 3 is 2.70 bits per heavy atom. The molecule has 0 saturated carbocycles. The van der Waals surface area contributed by atoms with Crippen molar-refractivity contribution in [2.75, 3.05) is 5.32 Å². The molecule has 7 heteroatoms. The van der Waals surface area contributed by atoms with Crippen LogP contribution in [0.1, 0.15) is 20.8 Å². The fraction of sp³-hybridized carbons (Fsp3) is 0.217. The highest BCUT2D eigenvalue weighted by Crippen LogP contribution is 2.24. The third kappa shape index (κ3) is 5.20. The Morgan fingerprint density at radius 2 is 2.03 bits per heavy atom. The second-order valence-electron chi connectivity index (χ2n) is 7.13. The number of nitrogens with one attached hydrogen (secondary N) is 1. The van der Waals surface area contributed by atoms with E-state index in [0.717, 1.165) is 27.8 Å². The van der Waals surface area contributed by atoms with E-state index in [1.165, 1.54) is 6.08 Å². The highest BCUT2D eigenvalue weighted by Gasteiger charge is 2.09. The molecule has 7 nitrogen and oxygen atoms in total. The number of anilines is 1. The van der Waals surface area contributed by atoms with Crippen molar-refractivity contribution in [1.82, 2.24) is 20.0 Å². The van der Waals surface area contributed by atoms with E-state index in [2.05, 4.69) is 27.2 Å². The van der Waals surface area contributed by atoms with Crippen molar-refractivity contribution < 1.29 is 9.53 Å². The van der Waals surface area contributed by atoms with E-state index >= 15 is 0 Å². The lowest BCUT2D eigenvalue weighted by atomic mass is 10.1. The Morgan fingerprint density at radius 1 is 1.23 bits per heavy atom. The first kappa shape index (κ1) is 21.0. The number of carbonyl (C=O) groups is 1. The molecular weight excluding hydrogens is 378 g/mol. The van der Waals surface area contributed by atoms with Crippen LogP contribution in [0.25, 0.3) is 22.0 Å². The van der Waals surface area contributed by atoms with Crippen LogP contribution in [0.2, 0.25) is 0 Å². The van der Waals surface area contributed by atoms with Gasteiger partial charge in [-0.25, -0.2) is 4.98 Å². The lowest BCUT2D eigenvalue weighted by Gasteiger charge is -2.09. The molecular formula is C23H25N5O2. The topological polar surface area (TPSA) is 81.9 Å². The number of hydrogen-bond acceptors (Lipinski definition) is 5. The van der Waals surface area contributed by atoms with E-state index in [1.54, 1.807) is 23.0 Å². The molecule has 0 aliphatic carbocycles. The van der Waals surface area contributed by atoms with Gasteiger partial charge < -0.3 is 10.1 Å². The minimum atomic E-state index is -0.296. The summed E-state index contributed by atoms with van der Waals surface area (Å²) >= 11 is 0. The summed E-state index contributed by atoms with van der Waals surface area (Å²) in [7, 11) is 1.82. The molecule has 1 N–H and O–H groups in total. The zero-order valence-corrected chi connectivity index (χ0v) is 17.6. The van der Waals surface area contributed by atoms with Gasteiger partial charge in [-0.3, -0.25) is 9.48 Å². The number of benzene rings is 1. The van der Waals surface area contributed by atoms with Crippen molar-refractivity contribution in [1.29, 1.82) is 0 Å². The van der Waals surface area contributed by atoms with Gasteiger partial charge in [0.1, 0.15) is 11.5 Å². The fourth-order valence-electron chi connectivity index (χ4n) is 2.89. The standard InChI is InChI=1S/C23H25N5O2/c1-6-17(8-7-16(4)30-15(2)3)23(29)25-22-12-20-11-18(9-10-19(20)13-24-22)21-14-28(5)27-26-21/h6-15H,1H2,2-5H3,(H,24,25,29)/b16-7+,17-8+. The molecule has 1 amide bonds. The largest absolute Gasteiger partial charge is 0.496 e. The number of pyridine rings is 1. The summed E-state index contributed by atoms with van der Waals surface area (Å²) in [5, 5.41) is 12.8. The second-order valence-corrected chi connectivity index (χ2v) is 7.13. The summed E-state index contributed by atoms with van der Waals surface area (Å²) < 4.78 is 7.22. The number of nitrogens with zero attached hydrogens (tertiary/aromatic N) is 4. The number of allylic oxidation sites excluding steroid dienone is 3. The third-order valence-electron chi connectivity index (χ3n) is 4.26. The predicted molar refractivity (Wildman–Crippen MR) is 119 cm³/mol. The Labute approximate surface area is 175 Å². The highest BCUT2D eigenvalue weighted by atomic mass is 16.5. The maximum atomic E-state index is 12.6. The van der Waals surface area contributed by atoms with E-state index < -0.39 is 0 Å². The predicted octanol–water partition coefficient (Wildman–Crippen LogP) is 4.41. The van der Waals surface area contributed by atoms with Crippen molar-refractivity contribution in [2.24, 2.45) is 7.05 Å². The number of aromatic nitrogens is 4. The Hall–Kier alpha value is -3.74. The number of amides is 1. The molecule has 0 unspecified atom stereocenters. The Balaban J connectivity index is 1.81. The normalized spacial score (nSPS) is 12.3. The average molecular weight is 403 g/mol. The quantitative estimate of drug-likeness (QED) is 0.359. The van der Waals surface area contributed by atoms with Crippen molar-refractivity contribution in [3.63, 3.8) is 0 Å². The lowest BCUT2D eigenvalue weighted by Crippen LogP contribution is -2.14. The van der Waals surface area contributed by atoms with Crippen LogP contribution in [-0.2, 0) is 16.6 Å². The SMILES string of the molecule is C=C/C(=C\C=C(/C)OC(C)C)C(=O)Nc1cc2cc(-c3cn(C)nn3)ccc2cn1. The summed E-state index contributed by atoms with van der Waals surface area (Å²) in [6.07, 6.45) is 8.57. The fourth-order valence-corrected chi connectivity index (χ4v) is 2.89. The van der Waals surface area contributed by atoms with Gasteiger partial charge in [-0.1, -0.05) is 30.0 Å². The van der Waals surface area contributed by atoms with Crippen LogP contribution in [0.5, 0.6) is 0 Å². The summed E-state index contributed by atoms with van der Waals surface area (Å²) in [6.45, 7) is 9.46. The van der Waals surface area contributed by atoms with Crippen LogP contribution in [0.4, 0.5) is 5.82 Å². The number of carbonyl (C=O) groups excluding carboxylic acids is 1. The molecule has 1 aromatic carbocycles. The minimum absolute atomic E-state index is 0.0733. The molecule has 2 heterocycles. The molecule has 0 spiro atoms. The first-order valence-corrected chi connectivity index (χ1v) is 9.61. The Kier molecular flexibility index (Phi) is 6.41. The number of rotatable bonds is 7. The zero-order chi connectivity index (χ0) is 21.7. The van der Waals surface area contributed by atoms with E-state index in [9.17, 15) is 4.79 Å². The third-order valence-corrected chi connectivity index (χ3v) is 4.26. The van der Waals surface area contributed by atoms with Gasteiger partial charge in [0.2, 0.25) is 0 Å². The minimum Gasteiger partial charge on any atom is -0.496 e. The van der Waals surface area contributed by atoms with Crippen LogP contribution < -0.4 is 5.32 Å². The van der Waals surface area contributed by atoms with Crippen molar-refractivity contribution in [3.05, 3.63) is 72.8 Å². The van der Waals surface area contributed by atoms with Gasteiger partial charge in [-0.15, -0.1) is 5.10 Å². The maximum absolute atomic E-state index is 12.6. The first-order valence-electron chi connectivity index (χ1n) is 9.61. The maximum Gasteiger partial charge on any atom is 0.256 e. The Bertz CT molecular complexity index is 1140. The smallest absolute Gasteiger partial charge is 0.256 e. The van der Waals surface area contributed by atoms with Gasteiger partial charge in [-0.2, -0.15) is 0 Å². The van der Waals surface area contributed by atoms with Gasteiger partial charge in [0.25, 0.3) is 5.91 Å².